The van der Waals surface area contributed by atoms with E-state index in [2.05, 4.69) is 29.0 Å². The number of aryl methyl sites for hydroxylation is 1. The van der Waals surface area contributed by atoms with Crippen molar-refractivity contribution in [2.24, 2.45) is 0 Å². The van der Waals surface area contributed by atoms with Gasteiger partial charge in [-0.25, -0.2) is 0 Å². The van der Waals surface area contributed by atoms with Gasteiger partial charge in [-0.1, -0.05) is 30.3 Å². The molecule has 0 fully saturated rings. The predicted octanol–water partition coefficient (Wildman–Crippen LogP) is 6.89. The molecule has 0 bridgehead atoms. The van der Waals surface area contributed by atoms with Gasteiger partial charge in [-0.15, -0.1) is 11.8 Å². The minimum absolute atomic E-state index is 0.450. The van der Waals surface area contributed by atoms with Crippen LogP contribution in [-0.4, -0.2) is 23.8 Å². The Balaban J connectivity index is 0.000000445. The molecule has 27 heavy (non-hydrogen) atoms. The van der Waals surface area contributed by atoms with E-state index in [9.17, 15) is 25.2 Å². The molecule has 0 aliphatic carbocycles. The Labute approximate surface area is 155 Å². The van der Waals surface area contributed by atoms with Crippen LogP contribution >= 0.6 is 19.6 Å². The molecule has 0 saturated carbocycles. The first-order valence-electron chi connectivity index (χ1n) is 7.34. The maximum absolute atomic E-state index is 10.7. The fourth-order valence-corrected chi connectivity index (χ4v) is 2.58. The molecule has 0 heterocycles. The molecule has 0 spiro atoms. The summed E-state index contributed by atoms with van der Waals surface area (Å²) in [5, 5.41) is 0. The van der Waals surface area contributed by atoms with Crippen molar-refractivity contribution in [2.75, 3.05) is 12.9 Å². The van der Waals surface area contributed by atoms with Crippen molar-refractivity contribution in [3.05, 3.63) is 60.2 Å². The number of thioether (sulfide) groups is 1. The summed E-state index contributed by atoms with van der Waals surface area (Å²) in [6, 6.07) is 18.0. The van der Waals surface area contributed by atoms with Crippen LogP contribution < -0.4 is 4.74 Å². The van der Waals surface area contributed by atoms with Gasteiger partial charge in [0.1, 0.15) is 7.11 Å². The second-order valence-electron chi connectivity index (χ2n) is 5.09. The summed E-state index contributed by atoms with van der Waals surface area (Å²) in [6.45, 7) is 0. The summed E-state index contributed by atoms with van der Waals surface area (Å²) in [6.07, 6.45) is 0.594. The molecule has 2 aromatic carbocycles. The fourth-order valence-electron chi connectivity index (χ4n) is 1.68. The summed E-state index contributed by atoms with van der Waals surface area (Å²) in [5.41, 5.74) is 1.35. The number of hydrogen-bond acceptors (Lipinski definition) is 3. The molecule has 0 aliphatic heterocycles. The second kappa shape index (κ2) is 8.39. The molecule has 3 nitrogen and oxygen atoms in total. The Kier molecular flexibility index (Phi) is 7.18. The van der Waals surface area contributed by atoms with Crippen molar-refractivity contribution in [1.29, 1.82) is 0 Å². The molecular formula is C16H17F6O3PS. The number of carbonyl (C=O) groups excluding carboxylic acids is 1. The van der Waals surface area contributed by atoms with E-state index in [0.29, 0.717) is 5.75 Å². The minimum atomic E-state index is -10.7. The van der Waals surface area contributed by atoms with Crippen molar-refractivity contribution < 1.29 is 39.4 Å². The molecular weight excluding hydrogens is 417 g/mol. The van der Waals surface area contributed by atoms with E-state index < -0.39 is 14.0 Å². The van der Waals surface area contributed by atoms with Crippen LogP contribution in [0.3, 0.4) is 0 Å². The average molecular weight is 434 g/mol. The number of hydrogen-bond donors (Lipinski definition) is 0. The standard InChI is InChI=1S/C16H16O3S.F6P/c1-18-16(17)19-14-7-9-15(10-8-14)20-12-11-13-5-3-2-4-6-13;1-7(2,3,4,5)6/h2-10H,11-12H2,1H3;/q;-1/p+1. The first kappa shape index (κ1) is 23.1. The first-order valence-corrected chi connectivity index (χ1v) is 10.4. The second-order valence-corrected chi connectivity index (χ2v) is 8.17. The Morgan fingerprint density at radius 2 is 1.44 bits per heavy atom. The summed E-state index contributed by atoms with van der Waals surface area (Å²) in [7, 11) is -9.31. The van der Waals surface area contributed by atoms with E-state index in [1.165, 1.54) is 17.6 Å². The molecule has 0 amide bonds. The summed E-state index contributed by atoms with van der Waals surface area (Å²) >= 11 is 1.79. The van der Waals surface area contributed by atoms with E-state index in [1.807, 2.05) is 18.2 Å². The molecule has 0 aromatic heterocycles. The van der Waals surface area contributed by atoms with Gasteiger partial charge in [0.05, 0.1) is 0 Å². The SMILES string of the molecule is COC(=[OH+])Oc1ccc(SCCc2ccccc2)cc1.F[P-](F)(F)(F)(F)F. The van der Waals surface area contributed by atoms with Crippen molar-refractivity contribution in [2.45, 2.75) is 11.3 Å². The maximum atomic E-state index is 9.87. The summed E-state index contributed by atoms with van der Waals surface area (Å²) in [5.74, 6) is 1.58. The van der Waals surface area contributed by atoms with Crippen LogP contribution in [-0.2, 0) is 11.2 Å². The Hall–Kier alpha value is -1.93. The van der Waals surface area contributed by atoms with Gasteiger partial charge in [-0.2, -0.15) is 0 Å². The molecule has 152 valence electrons. The van der Waals surface area contributed by atoms with Crippen molar-refractivity contribution in [3.63, 3.8) is 0 Å². The summed E-state index contributed by atoms with van der Waals surface area (Å²) in [4.78, 5) is 10.3. The van der Waals surface area contributed by atoms with Crippen LogP contribution in [0.15, 0.2) is 59.5 Å². The van der Waals surface area contributed by atoms with Gasteiger partial charge < -0.3 is 9.53 Å². The molecule has 0 radical (unpaired) electrons. The van der Waals surface area contributed by atoms with Crippen molar-refractivity contribution in [1.82, 2.24) is 0 Å². The zero-order valence-electron chi connectivity index (χ0n) is 14.0. The van der Waals surface area contributed by atoms with Crippen LogP contribution in [0.4, 0.5) is 25.2 Å². The van der Waals surface area contributed by atoms with Gasteiger partial charge in [0.2, 0.25) is 5.75 Å². The predicted molar refractivity (Wildman–Crippen MR) is 95.5 cm³/mol. The van der Waals surface area contributed by atoms with Crippen molar-refractivity contribution in [3.8, 4) is 5.75 Å². The molecule has 0 unspecified atom stereocenters. The Bertz CT molecular complexity index is 725. The van der Waals surface area contributed by atoms with Crippen LogP contribution in [0.5, 0.6) is 5.75 Å². The van der Waals surface area contributed by atoms with E-state index in [1.54, 1.807) is 23.9 Å². The van der Waals surface area contributed by atoms with E-state index in [0.717, 1.165) is 12.2 Å². The zero-order chi connectivity index (χ0) is 20.6. The molecule has 2 rings (SSSR count). The number of halogens is 6. The number of methoxy groups -OCH3 is 1. The van der Waals surface area contributed by atoms with E-state index >= 15 is 0 Å². The molecule has 2 aromatic rings. The molecule has 0 saturated heterocycles. The summed E-state index contributed by atoms with van der Waals surface area (Å²) < 4.78 is 68.8. The fraction of sp³-hybridized carbons (Fsp3) is 0.188. The van der Waals surface area contributed by atoms with Gasteiger partial charge in [0, 0.05) is 22.8 Å². The zero-order valence-corrected chi connectivity index (χ0v) is 15.7. The van der Waals surface area contributed by atoms with Crippen LogP contribution in [0.1, 0.15) is 5.56 Å². The van der Waals surface area contributed by atoms with Crippen LogP contribution in [0.25, 0.3) is 0 Å². The third kappa shape index (κ3) is 14.9. The van der Waals surface area contributed by atoms with Gasteiger partial charge in [0.15, 0.2) is 0 Å². The normalized spacial score (nSPS) is 13.4. The topological polar surface area (TPSA) is 39.9 Å². The Morgan fingerprint density at radius 3 is 1.93 bits per heavy atom. The number of ether oxygens (including phenoxy) is 2. The molecule has 0 aliphatic rings. The Morgan fingerprint density at radius 1 is 0.926 bits per heavy atom. The average Bonchev–Trinajstić information content (AvgIpc) is 2.54. The van der Waals surface area contributed by atoms with E-state index in [-0.39, 0.29) is 0 Å². The monoisotopic (exact) mass is 434 g/mol. The van der Waals surface area contributed by atoms with Crippen LogP contribution in [0.2, 0.25) is 0 Å². The molecule has 11 heteroatoms. The molecule has 0 atom stereocenters. The van der Waals surface area contributed by atoms with Gasteiger partial charge in [0.25, 0.3) is 0 Å². The van der Waals surface area contributed by atoms with E-state index in [4.69, 9.17) is 9.53 Å². The van der Waals surface area contributed by atoms with Gasteiger partial charge in [-0.05, 0) is 24.1 Å². The van der Waals surface area contributed by atoms with Crippen molar-refractivity contribution >= 4 is 25.7 Å². The third-order valence-corrected chi connectivity index (χ3v) is 3.72. The van der Waals surface area contributed by atoms with Gasteiger partial charge in [-0.3, -0.25) is 4.74 Å². The number of rotatable bonds is 5. The number of benzene rings is 2. The quantitative estimate of drug-likeness (QED) is 0.129. The molecule has 1 N–H and O–H groups in total. The van der Waals surface area contributed by atoms with Gasteiger partial charge >= 0.3 is 39.1 Å². The first-order chi connectivity index (χ1) is 12.2. The third-order valence-electron chi connectivity index (χ3n) is 2.71. The van der Waals surface area contributed by atoms with Crippen LogP contribution in [0, 0.1) is 0 Å².